The van der Waals surface area contributed by atoms with E-state index < -0.39 is 5.60 Å². The van der Waals surface area contributed by atoms with Gasteiger partial charge in [-0.3, -0.25) is 4.79 Å². The molecule has 3 unspecified atom stereocenters. The van der Waals surface area contributed by atoms with Crippen LogP contribution in [0.3, 0.4) is 0 Å². The van der Waals surface area contributed by atoms with Gasteiger partial charge in [-0.15, -0.1) is 0 Å². The second-order valence-corrected chi connectivity index (χ2v) is 7.73. The zero-order valence-electron chi connectivity index (χ0n) is 14.2. The van der Waals surface area contributed by atoms with E-state index in [0.717, 1.165) is 19.3 Å². The summed E-state index contributed by atoms with van der Waals surface area (Å²) in [5, 5.41) is 3.02. The van der Waals surface area contributed by atoms with Crippen molar-refractivity contribution in [2.45, 2.75) is 51.2 Å². The molecule has 2 fully saturated rings. The van der Waals surface area contributed by atoms with Gasteiger partial charge in [-0.25, -0.2) is 4.79 Å². The Balaban J connectivity index is 1.93. The fourth-order valence-corrected chi connectivity index (χ4v) is 4.03. The zero-order valence-corrected chi connectivity index (χ0v) is 14.2. The molecule has 3 atom stereocenters. The van der Waals surface area contributed by atoms with E-state index in [4.69, 9.17) is 4.74 Å². The van der Waals surface area contributed by atoms with Crippen LogP contribution in [-0.2, 0) is 9.53 Å². The first-order valence-electron chi connectivity index (χ1n) is 8.47. The van der Waals surface area contributed by atoms with Crippen LogP contribution in [0.2, 0.25) is 0 Å². The molecule has 3 aliphatic rings. The third-order valence-electron chi connectivity index (χ3n) is 5.02. The minimum absolute atomic E-state index is 0.0223. The number of amides is 2. The molecular weight excluding hydrogens is 292 g/mol. The molecule has 0 aromatic rings. The molecule has 0 aromatic carbocycles. The van der Waals surface area contributed by atoms with Crippen molar-refractivity contribution in [1.82, 2.24) is 10.2 Å². The Hall–Kier alpha value is -1.78. The van der Waals surface area contributed by atoms with Gasteiger partial charge in [0, 0.05) is 19.0 Å². The van der Waals surface area contributed by atoms with Gasteiger partial charge in [0.25, 0.3) is 0 Å². The maximum absolute atomic E-state index is 12.8. The highest BCUT2D eigenvalue weighted by Crippen LogP contribution is 2.43. The van der Waals surface area contributed by atoms with Crippen LogP contribution in [0.4, 0.5) is 4.79 Å². The maximum Gasteiger partial charge on any atom is 0.410 e. The topological polar surface area (TPSA) is 58.6 Å². The molecule has 0 aromatic heterocycles. The van der Waals surface area contributed by atoms with Gasteiger partial charge in [-0.2, -0.15) is 0 Å². The van der Waals surface area contributed by atoms with Crippen molar-refractivity contribution in [1.29, 1.82) is 0 Å². The Kier molecular flexibility index (Phi) is 3.98. The van der Waals surface area contributed by atoms with Crippen LogP contribution in [-0.4, -0.2) is 41.1 Å². The SMILES string of the molecule is CC(C)(C)OC(=O)N1CCCCC12CNC(=O)C1C=CC=CC12. The van der Waals surface area contributed by atoms with Crippen LogP contribution in [0, 0.1) is 11.8 Å². The third kappa shape index (κ3) is 2.89. The van der Waals surface area contributed by atoms with Gasteiger partial charge in [0.1, 0.15) is 5.60 Å². The van der Waals surface area contributed by atoms with Gasteiger partial charge in [0.05, 0.1) is 11.5 Å². The van der Waals surface area contributed by atoms with E-state index in [9.17, 15) is 9.59 Å². The average molecular weight is 318 g/mol. The van der Waals surface area contributed by atoms with Crippen LogP contribution in [0.1, 0.15) is 40.0 Å². The lowest BCUT2D eigenvalue weighted by Gasteiger charge is -2.54. The first-order chi connectivity index (χ1) is 10.8. The summed E-state index contributed by atoms with van der Waals surface area (Å²) in [5.74, 6) is -0.123. The number of ether oxygens (including phenoxy) is 1. The van der Waals surface area contributed by atoms with Crippen LogP contribution in [0.15, 0.2) is 24.3 Å². The molecular formula is C18H26N2O3. The fraction of sp³-hybridized carbons (Fsp3) is 0.667. The number of nitrogens with one attached hydrogen (secondary N) is 1. The molecule has 2 saturated heterocycles. The molecule has 1 aliphatic carbocycles. The highest BCUT2D eigenvalue weighted by Gasteiger charge is 2.54. The highest BCUT2D eigenvalue weighted by molar-refractivity contribution is 5.83. The molecule has 2 aliphatic heterocycles. The number of hydrogen-bond acceptors (Lipinski definition) is 3. The lowest BCUT2D eigenvalue weighted by molar-refractivity contribution is -0.133. The van der Waals surface area contributed by atoms with E-state index in [-0.39, 0.29) is 29.4 Å². The molecule has 0 radical (unpaired) electrons. The molecule has 23 heavy (non-hydrogen) atoms. The molecule has 0 bridgehead atoms. The smallest absolute Gasteiger partial charge is 0.410 e. The summed E-state index contributed by atoms with van der Waals surface area (Å²) in [5.41, 5.74) is -0.893. The Morgan fingerprint density at radius 3 is 2.78 bits per heavy atom. The number of fused-ring (bicyclic) bond motifs is 2. The summed E-state index contributed by atoms with van der Waals surface area (Å²) in [6.07, 6.45) is 10.6. The van der Waals surface area contributed by atoms with E-state index in [0.29, 0.717) is 13.1 Å². The lowest BCUT2D eigenvalue weighted by Crippen LogP contribution is -2.69. The van der Waals surface area contributed by atoms with Gasteiger partial charge >= 0.3 is 6.09 Å². The van der Waals surface area contributed by atoms with Crippen molar-refractivity contribution in [3.63, 3.8) is 0 Å². The number of carbonyl (C=O) groups is 2. The van der Waals surface area contributed by atoms with Gasteiger partial charge in [-0.05, 0) is 40.0 Å². The van der Waals surface area contributed by atoms with E-state index in [1.165, 1.54) is 0 Å². The number of carbonyl (C=O) groups excluding carboxylic acids is 2. The van der Waals surface area contributed by atoms with Crippen LogP contribution in [0.5, 0.6) is 0 Å². The van der Waals surface area contributed by atoms with Crippen LogP contribution < -0.4 is 5.32 Å². The van der Waals surface area contributed by atoms with Crippen LogP contribution in [0.25, 0.3) is 0 Å². The predicted octanol–water partition coefficient (Wildman–Crippen LogP) is 2.63. The number of nitrogens with zero attached hydrogens (tertiary/aromatic N) is 1. The Bertz CT molecular complexity index is 561. The largest absolute Gasteiger partial charge is 0.444 e. The molecule has 3 rings (SSSR count). The van der Waals surface area contributed by atoms with E-state index in [1.807, 2.05) is 43.9 Å². The quantitative estimate of drug-likeness (QED) is 0.747. The summed E-state index contributed by atoms with van der Waals surface area (Å²) in [6, 6.07) is 0. The molecule has 5 heteroatoms. The van der Waals surface area contributed by atoms with Crippen molar-refractivity contribution in [3.8, 4) is 0 Å². The van der Waals surface area contributed by atoms with E-state index in [1.54, 1.807) is 0 Å². The molecule has 1 spiro atoms. The van der Waals surface area contributed by atoms with Gasteiger partial charge in [0.15, 0.2) is 0 Å². The molecule has 2 heterocycles. The summed E-state index contributed by atoms with van der Waals surface area (Å²) in [4.78, 5) is 26.9. The van der Waals surface area contributed by atoms with Crippen molar-refractivity contribution in [3.05, 3.63) is 24.3 Å². The molecule has 5 nitrogen and oxygen atoms in total. The second kappa shape index (κ2) is 5.69. The first-order valence-corrected chi connectivity index (χ1v) is 8.47. The summed E-state index contributed by atoms with van der Waals surface area (Å²) in [7, 11) is 0. The maximum atomic E-state index is 12.8. The second-order valence-electron chi connectivity index (χ2n) is 7.73. The summed E-state index contributed by atoms with van der Waals surface area (Å²) < 4.78 is 5.64. The predicted molar refractivity (Wildman–Crippen MR) is 87.8 cm³/mol. The third-order valence-corrected chi connectivity index (χ3v) is 5.02. The number of allylic oxidation sites excluding steroid dienone is 2. The standard InChI is InChI=1S/C18H26N2O3/c1-17(2,3)23-16(22)20-11-7-6-10-18(20)12-19-15(21)13-8-4-5-9-14(13)18/h4-5,8-9,13-14H,6-7,10-12H2,1-3H3,(H,19,21). The Morgan fingerprint density at radius 1 is 1.30 bits per heavy atom. The zero-order chi connectivity index (χ0) is 16.7. The Labute approximate surface area is 137 Å². The minimum atomic E-state index is -0.519. The number of rotatable bonds is 0. The van der Waals surface area contributed by atoms with E-state index in [2.05, 4.69) is 11.4 Å². The van der Waals surface area contributed by atoms with Crippen LogP contribution >= 0.6 is 0 Å². The van der Waals surface area contributed by atoms with E-state index >= 15 is 0 Å². The van der Waals surface area contributed by atoms with Gasteiger partial charge < -0.3 is 15.0 Å². The van der Waals surface area contributed by atoms with Crippen molar-refractivity contribution in [2.75, 3.05) is 13.1 Å². The minimum Gasteiger partial charge on any atom is -0.444 e. The number of likely N-dealkylation sites (tertiary alicyclic amines) is 1. The summed E-state index contributed by atoms with van der Waals surface area (Å²) >= 11 is 0. The molecule has 126 valence electrons. The van der Waals surface area contributed by atoms with Crippen molar-refractivity contribution < 1.29 is 14.3 Å². The average Bonchev–Trinajstić information content (AvgIpc) is 2.50. The number of hydrogen-bond donors (Lipinski definition) is 1. The lowest BCUT2D eigenvalue weighted by atomic mass is 9.66. The molecule has 0 saturated carbocycles. The Morgan fingerprint density at radius 2 is 2.04 bits per heavy atom. The normalized spacial score (nSPS) is 33.3. The van der Waals surface area contributed by atoms with Crippen molar-refractivity contribution >= 4 is 12.0 Å². The van der Waals surface area contributed by atoms with Gasteiger partial charge in [0.2, 0.25) is 5.91 Å². The van der Waals surface area contributed by atoms with Gasteiger partial charge in [-0.1, -0.05) is 24.3 Å². The number of piperidine rings is 2. The summed E-state index contributed by atoms with van der Waals surface area (Å²) in [6.45, 7) is 6.85. The first kappa shape index (κ1) is 16.1. The van der Waals surface area contributed by atoms with Crippen molar-refractivity contribution in [2.24, 2.45) is 11.8 Å². The monoisotopic (exact) mass is 318 g/mol. The fourth-order valence-electron chi connectivity index (χ4n) is 4.03. The highest BCUT2D eigenvalue weighted by atomic mass is 16.6. The molecule has 1 N–H and O–H groups in total. The molecule has 2 amide bonds.